The Labute approximate surface area is 172 Å². The fraction of sp³-hybridized carbons (Fsp3) is 0.0870. The second-order valence-electron chi connectivity index (χ2n) is 6.11. The second-order valence-corrected chi connectivity index (χ2v) is 7.43. The summed E-state index contributed by atoms with van der Waals surface area (Å²) in [5.41, 5.74) is 4.29. The van der Waals surface area contributed by atoms with Gasteiger partial charge in [0.2, 0.25) is 0 Å². The van der Waals surface area contributed by atoms with Crippen molar-refractivity contribution >= 4 is 39.2 Å². The Morgan fingerprint density at radius 1 is 1.11 bits per heavy atom. The molecule has 27 heavy (non-hydrogen) atoms. The highest BCUT2D eigenvalue weighted by atomic mass is 79.9. The van der Waals surface area contributed by atoms with Gasteiger partial charge in [-0.15, -0.1) is 0 Å². The van der Waals surface area contributed by atoms with Crippen molar-refractivity contribution in [3.8, 4) is 11.8 Å². The maximum atomic E-state index is 9.63. The molecule has 3 aromatic carbocycles. The van der Waals surface area contributed by atoms with Crippen LogP contribution >= 0.6 is 27.5 Å². The summed E-state index contributed by atoms with van der Waals surface area (Å²) in [5, 5.41) is 10.2. The van der Waals surface area contributed by atoms with Gasteiger partial charge in [0.25, 0.3) is 0 Å². The van der Waals surface area contributed by atoms with Crippen molar-refractivity contribution in [1.82, 2.24) is 0 Å². The normalized spacial score (nSPS) is 11.1. The monoisotopic (exact) mass is 437 g/mol. The Kier molecular flexibility index (Phi) is 6.34. The van der Waals surface area contributed by atoms with Crippen LogP contribution in [0.15, 0.2) is 71.2 Å². The summed E-state index contributed by atoms with van der Waals surface area (Å²) in [4.78, 5) is 0. The van der Waals surface area contributed by atoms with Crippen LogP contribution in [0.4, 0.5) is 0 Å². The lowest BCUT2D eigenvalue weighted by Gasteiger charge is -2.11. The van der Waals surface area contributed by atoms with Crippen molar-refractivity contribution in [2.45, 2.75) is 13.5 Å². The van der Waals surface area contributed by atoms with Crippen molar-refractivity contribution in [2.24, 2.45) is 0 Å². The van der Waals surface area contributed by atoms with Gasteiger partial charge in [-0.1, -0.05) is 75.6 Å². The molecule has 0 aliphatic heterocycles. The average molecular weight is 439 g/mol. The molecule has 0 bridgehead atoms. The van der Waals surface area contributed by atoms with E-state index in [4.69, 9.17) is 16.3 Å². The number of hydrogen-bond acceptors (Lipinski definition) is 2. The van der Waals surface area contributed by atoms with Crippen LogP contribution in [0, 0.1) is 18.3 Å². The first-order chi connectivity index (χ1) is 13.1. The van der Waals surface area contributed by atoms with Crippen molar-refractivity contribution in [3.05, 3.63) is 98.5 Å². The van der Waals surface area contributed by atoms with E-state index in [1.165, 1.54) is 5.56 Å². The Balaban J connectivity index is 1.94. The molecule has 0 amide bonds. The van der Waals surface area contributed by atoms with Crippen LogP contribution in [0.3, 0.4) is 0 Å². The maximum absolute atomic E-state index is 9.63. The number of hydrogen-bond donors (Lipinski definition) is 0. The lowest BCUT2D eigenvalue weighted by molar-refractivity contribution is 0.305. The summed E-state index contributed by atoms with van der Waals surface area (Å²) < 4.78 is 6.95. The predicted molar refractivity (Wildman–Crippen MR) is 115 cm³/mol. The summed E-state index contributed by atoms with van der Waals surface area (Å²) in [7, 11) is 0. The summed E-state index contributed by atoms with van der Waals surface area (Å²) in [6.45, 7) is 2.51. The summed E-state index contributed by atoms with van der Waals surface area (Å²) in [6.07, 6.45) is 1.80. The number of halogens is 2. The van der Waals surface area contributed by atoms with Crippen molar-refractivity contribution in [3.63, 3.8) is 0 Å². The minimum atomic E-state index is 0.456. The zero-order chi connectivity index (χ0) is 19.2. The van der Waals surface area contributed by atoms with Gasteiger partial charge in [0.15, 0.2) is 0 Å². The molecule has 0 radical (unpaired) electrons. The number of rotatable bonds is 5. The van der Waals surface area contributed by atoms with Gasteiger partial charge in [-0.05, 0) is 42.8 Å². The summed E-state index contributed by atoms with van der Waals surface area (Å²) >= 11 is 9.75. The lowest BCUT2D eigenvalue weighted by Crippen LogP contribution is -1.97. The number of allylic oxidation sites excluding steroid dienone is 1. The summed E-state index contributed by atoms with van der Waals surface area (Å²) in [6, 6.07) is 23.5. The largest absolute Gasteiger partial charge is 0.488 e. The molecule has 2 nitrogen and oxygen atoms in total. The van der Waals surface area contributed by atoms with E-state index < -0.39 is 0 Å². The minimum absolute atomic E-state index is 0.456. The van der Waals surface area contributed by atoms with Gasteiger partial charge in [0, 0.05) is 20.6 Å². The van der Waals surface area contributed by atoms with E-state index in [-0.39, 0.29) is 0 Å². The van der Waals surface area contributed by atoms with E-state index in [0.717, 1.165) is 15.6 Å². The van der Waals surface area contributed by atoms with E-state index in [1.807, 2.05) is 48.5 Å². The predicted octanol–water partition coefficient (Wildman–Crippen LogP) is 7.05. The van der Waals surface area contributed by atoms with Crippen LogP contribution in [0.1, 0.15) is 22.3 Å². The zero-order valence-electron chi connectivity index (χ0n) is 14.7. The van der Waals surface area contributed by atoms with Gasteiger partial charge in [0.1, 0.15) is 12.4 Å². The maximum Gasteiger partial charge on any atom is 0.127 e. The van der Waals surface area contributed by atoms with Crippen molar-refractivity contribution in [2.75, 3.05) is 0 Å². The van der Waals surface area contributed by atoms with Gasteiger partial charge in [-0.2, -0.15) is 5.26 Å². The van der Waals surface area contributed by atoms with Crippen LogP contribution in [0.25, 0.3) is 11.6 Å². The van der Waals surface area contributed by atoms with Crippen LogP contribution in [-0.4, -0.2) is 0 Å². The smallest absolute Gasteiger partial charge is 0.127 e. The highest BCUT2D eigenvalue weighted by Gasteiger charge is 2.09. The van der Waals surface area contributed by atoms with Gasteiger partial charge in [-0.3, -0.25) is 0 Å². The molecule has 3 aromatic rings. The molecule has 0 N–H and O–H groups in total. The number of nitrogens with zero attached hydrogens (tertiary/aromatic N) is 1. The molecule has 4 heteroatoms. The Morgan fingerprint density at radius 2 is 1.93 bits per heavy atom. The molecule has 0 aliphatic rings. The molecule has 0 aliphatic carbocycles. The number of benzene rings is 3. The van der Waals surface area contributed by atoms with Gasteiger partial charge in [-0.25, -0.2) is 0 Å². The Morgan fingerprint density at radius 3 is 2.67 bits per heavy atom. The molecule has 0 atom stereocenters. The molecule has 0 spiro atoms. The molecule has 3 rings (SSSR count). The molecule has 134 valence electrons. The van der Waals surface area contributed by atoms with Gasteiger partial charge >= 0.3 is 0 Å². The van der Waals surface area contributed by atoms with Crippen LogP contribution in [0.2, 0.25) is 5.02 Å². The summed E-state index contributed by atoms with van der Waals surface area (Å²) in [5.74, 6) is 0.708. The van der Waals surface area contributed by atoms with E-state index in [0.29, 0.717) is 28.5 Å². The number of aryl methyl sites for hydroxylation is 1. The molecule has 0 fully saturated rings. The molecule has 0 aromatic heterocycles. The third-order valence-corrected chi connectivity index (χ3v) is 4.86. The second kappa shape index (κ2) is 8.90. The number of ether oxygens (including phenoxy) is 1. The topological polar surface area (TPSA) is 33.0 Å². The van der Waals surface area contributed by atoms with Crippen molar-refractivity contribution in [1.29, 1.82) is 5.26 Å². The molecule has 0 unspecified atom stereocenters. The van der Waals surface area contributed by atoms with Crippen LogP contribution in [-0.2, 0) is 6.61 Å². The Hall–Kier alpha value is -2.54. The first kappa shape index (κ1) is 19.2. The van der Waals surface area contributed by atoms with E-state index in [2.05, 4.69) is 41.1 Å². The van der Waals surface area contributed by atoms with E-state index in [1.54, 1.807) is 12.1 Å². The molecule has 0 heterocycles. The van der Waals surface area contributed by atoms with Gasteiger partial charge in [0.05, 0.1) is 11.6 Å². The third kappa shape index (κ3) is 5.01. The van der Waals surface area contributed by atoms with Crippen molar-refractivity contribution < 1.29 is 4.74 Å². The van der Waals surface area contributed by atoms with E-state index in [9.17, 15) is 5.26 Å². The van der Waals surface area contributed by atoms with Crippen LogP contribution < -0.4 is 4.74 Å². The molecule has 0 saturated carbocycles. The third-order valence-electron chi connectivity index (χ3n) is 4.03. The lowest BCUT2D eigenvalue weighted by atomic mass is 10.0. The fourth-order valence-electron chi connectivity index (χ4n) is 2.73. The fourth-order valence-corrected chi connectivity index (χ4v) is 3.35. The SMILES string of the molecule is Cc1cccc(COc2ccc(Br)cc2C=C(C#N)c2ccccc2Cl)c1. The number of nitriles is 1. The molecular formula is C23H17BrClNO. The molecular weight excluding hydrogens is 422 g/mol. The minimum Gasteiger partial charge on any atom is -0.488 e. The highest BCUT2D eigenvalue weighted by Crippen LogP contribution is 2.30. The standard InChI is InChI=1S/C23H17BrClNO/c1-16-5-4-6-17(11-16)15-27-23-10-9-20(24)13-18(23)12-19(14-26)21-7-2-3-8-22(21)25/h2-13H,15H2,1H3. The first-order valence-electron chi connectivity index (χ1n) is 8.41. The highest BCUT2D eigenvalue weighted by molar-refractivity contribution is 9.10. The Bertz CT molecular complexity index is 1040. The zero-order valence-corrected chi connectivity index (χ0v) is 17.1. The molecule has 0 saturated heterocycles. The first-order valence-corrected chi connectivity index (χ1v) is 9.58. The van der Waals surface area contributed by atoms with E-state index >= 15 is 0 Å². The average Bonchev–Trinajstić information content (AvgIpc) is 2.66. The van der Waals surface area contributed by atoms with Gasteiger partial charge < -0.3 is 4.74 Å². The van der Waals surface area contributed by atoms with Crippen LogP contribution in [0.5, 0.6) is 5.75 Å². The quantitative estimate of drug-likeness (QED) is 0.316.